The van der Waals surface area contributed by atoms with Gasteiger partial charge >= 0.3 is 55.6 Å². The number of nitrogens with zero attached hydrogens (tertiary/aromatic N) is 1. The third-order valence-electron chi connectivity index (χ3n) is 2.23. The number of unbranched alkanes of at least 4 members (excludes halogenated alkanes) is 3. The molecular weight excluding hydrogens is 181 g/mol. The molecule has 0 aliphatic heterocycles. The average molecular weight is 205 g/mol. The van der Waals surface area contributed by atoms with Gasteiger partial charge in [0.05, 0.1) is 0 Å². The van der Waals surface area contributed by atoms with Crippen molar-refractivity contribution in [1.29, 1.82) is 0 Å². The molecule has 0 aliphatic rings. The van der Waals surface area contributed by atoms with Gasteiger partial charge in [-0.05, 0) is 0 Å². The van der Waals surface area contributed by atoms with Crippen LogP contribution in [0, 0.1) is 0 Å². The molecule has 0 saturated carbocycles. The van der Waals surface area contributed by atoms with Crippen LogP contribution in [0.3, 0.4) is 0 Å². The fourth-order valence-corrected chi connectivity index (χ4v) is 1.23. The summed E-state index contributed by atoms with van der Waals surface area (Å²) in [6.45, 7) is 6.55. The van der Waals surface area contributed by atoms with Gasteiger partial charge < -0.3 is 0 Å². The standard InChI is InChI=1S/C7H10BN.C6H14/c1-9(2)7-5-3-4-6-8-7;1-3-5-6-4-2/h3-6H,1-2H3;3-6H2,1-2H3. The van der Waals surface area contributed by atoms with Crippen molar-refractivity contribution in [3.63, 3.8) is 0 Å². The van der Waals surface area contributed by atoms with E-state index in [1.165, 1.54) is 31.3 Å². The fourth-order valence-electron chi connectivity index (χ4n) is 1.23. The minimum atomic E-state index is 1.25. The van der Waals surface area contributed by atoms with Gasteiger partial charge in [0.15, 0.2) is 0 Å². The van der Waals surface area contributed by atoms with Gasteiger partial charge in [-0.3, -0.25) is 0 Å². The van der Waals surface area contributed by atoms with Crippen molar-refractivity contribution in [3.8, 4) is 0 Å². The second kappa shape index (κ2) is 9.76. The Kier molecular flexibility index (Phi) is 9.25. The summed E-state index contributed by atoms with van der Waals surface area (Å²) in [5.41, 5.74) is 1.25. The predicted octanol–water partition coefficient (Wildman–Crippen LogP) is 3.68. The van der Waals surface area contributed by atoms with Crippen LogP contribution in [0.1, 0.15) is 39.5 Å². The van der Waals surface area contributed by atoms with Crippen molar-refractivity contribution in [3.05, 3.63) is 24.2 Å². The predicted molar refractivity (Wildman–Crippen MR) is 71.9 cm³/mol. The maximum absolute atomic E-state index is 2.23. The molecule has 15 heavy (non-hydrogen) atoms. The Bertz CT molecular complexity index is 217. The summed E-state index contributed by atoms with van der Waals surface area (Å²) in [5.74, 6) is 2.04. The molecule has 0 radical (unpaired) electrons. The minimum absolute atomic E-state index is 1.25. The van der Waals surface area contributed by atoms with Gasteiger partial charge in [0.2, 0.25) is 0 Å². The summed E-state index contributed by atoms with van der Waals surface area (Å²) in [7, 11) is 4.07. The molecule has 1 aromatic heterocycles. The molecule has 1 rings (SSSR count). The topological polar surface area (TPSA) is 3.24 Å². The second-order valence-electron chi connectivity index (χ2n) is 3.94. The summed E-state index contributed by atoms with van der Waals surface area (Å²) in [5, 5.41) is 0. The van der Waals surface area contributed by atoms with Crippen LogP contribution in [0.5, 0.6) is 0 Å². The van der Waals surface area contributed by atoms with E-state index in [0.717, 1.165) is 0 Å². The molecule has 1 heterocycles. The van der Waals surface area contributed by atoms with E-state index in [0.29, 0.717) is 0 Å². The molecule has 0 aliphatic carbocycles. The van der Waals surface area contributed by atoms with Crippen LogP contribution >= 0.6 is 0 Å². The molecule has 0 saturated heterocycles. The summed E-state index contributed by atoms with van der Waals surface area (Å²) in [4.78, 5) is 2.08. The number of anilines is 1. The molecule has 84 valence electrons. The average Bonchev–Trinajstić information content (AvgIpc) is 2.28. The van der Waals surface area contributed by atoms with E-state index >= 15 is 0 Å². The molecule has 0 spiro atoms. The Morgan fingerprint density at radius 3 is 1.93 bits per heavy atom. The Balaban J connectivity index is 0.000000288. The van der Waals surface area contributed by atoms with E-state index in [2.05, 4.69) is 31.7 Å². The van der Waals surface area contributed by atoms with Gasteiger partial charge in [0, 0.05) is 0 Å². The van der Waals surface area contributed by atoms with E-state index in [-0.39, 0.29) is 0 Å². The van der Waals surface area contributed by atoms with Gasteiger partial charge in [0.1, 0.15) is 0 Å². The maximum atomic E-state index is 2.23. The SMILES string of the molecule is CCCCCC.CN(C)c1bcccc1. The van der Waals surface area contributed by atoms with Crippen LogP contribution in [0.4, 0.5) is 5.58 Å². The van der Waals surface area contributed by atoms with E-state index in [1.54, 1.807) is 0 Å². The Morgan fingerprint density at radius 2 is 1.67 bits per heavy atom. The zero-order chi connectivity index (χ0) is 11.5. The first-order chi connectivity index (χ1) is 7.22. The van der Waals surface area contributed by atoms with Gasteiger partial charge in [-0.1, -0.05) is 39.5 Å². The Hall–Kier alpha value is -0.785. The first kappa shape index (κ1) is 14.2. The van der Waals surface area contributed by atoms with Crippen molar-refractivity contribution >= 4 is 12.5 Å². The molecule has 0 bridgehead atoms. The Labute approximate surface area is 95.7 Å². The molecule has 0 unspecified atom stereocenters. The van der Waals surface area contributed by atoms with Crippen molar-refractivity contribution in [2.24, 2.45) is 0 Å². The molecule has 1 aromatic rings. The number of rotatable bonds is 4. The van der Waals surface area contributed by atoms with Crippen LogP contribution in [-0.2, 0) is 0 Å². The molecule has 0 N–H and O–H groups in total. The monoisotopic (exact) mass is 205 g/mol. The van der Waals surface area contributed by atoms with E-state index in [1.807, 2.05) is 32.2 Å². The second-order valence-corrected chi connectivity index (χ2v) is 3.94. The summed E-state index contributed by atoms with van der Waals surface area (Å²) in [6.07, 6.45) is 5.54. The summed E-state index contributed by atoms with van der Waals surface area (Å²) >= 11 is 0. The van der Waals surface area contributed by atoms with Gasteiger partial charge in [0.25, 0.3) is 0 Å². The van der Waals surface area contributed by atoms with Crippen molar-refractivity contribution < 1.29 is 0 Å². The molecule has 0 amide bonds. The van der Waals surface area contributed by atoms with Gasteiger partial charge in [-0.15, -0.1) is 0 Å². The fraction of sp³-hybridized carbons (Fsp3) is 0.615. The first-order valence-electron chi connectivity index (χ1n) is 5.94. The molecule has 0 aromatic carbocycles. The summed E-state index contributed by atoms with van der Waals surface area (Å²) < 4.78 is 0. The third kappa shape index (κ3) is 8.23. The van der Waals surface area contributed by atoms with Crippen LogP contribution in [0.15, 0.2) is 24.2 Å². The van der Waals surface area contributed by atoms with Crippen molar-refractivity contribution in [2.75, 3.05) is 19.0 Å². The van der Waals surface area contributed by atoms with Gasteiger partial charge in [-0.2, -0.15) is 0 Å². The van der Waals surface area contributed by atoms with Crippen LogP contribution in [-0.4, -0.2) is 21.0 Å². The number of hydrogen-bond donors (Lipinski definition) is 0. The molecule has 1 nitrogen and oxygen atoms in total. The summed E-state index contributed by atoms with van der Waals surface area (Å²) in [6, 6.07) is 6.14. The number of hydrogen-bond acceptors (Lipinski definition) is 1. The van der Waals surface area contributed by atoms with Crippen LogP contribution in [0.25, 0.3) is 0 Å². The molecule has 2 heteroatoms. The van der Waals surface area contributed by atoms with Crippen LogP contribution < -0.4 is 4.90 Å². The quantitative estimate of drug-likeness (QED) is 0.677. The molecule has 0 fully saturated rings. The van der Waals surface area contributed by atoms with E-state index in [4.69, 9.17) is 0 Å². The normalized spacial score (nSPS) is 8.80. The third-order valence-corrected chi connectivity index (χ3v) is 2.23. The van der Waals surface area contributed by atoms with Crippen molar-refractivity contribution in [1.82, 2.24) is 0 Å². The van der Waals surface area contributed by atoms with Crippen LogP contribution in [0.2, 0.25) is 0 Å². The Morgan fingerprint density at radius 1 is 1.07 bits per heavy atom. The van der Waals surface area contributed by atoms with Gasteiger partial charge in [-0.25, -0.2) is 0 Å². The zero-order valence-corrected chi connectivity index (χ0v) is 10.7. The van der Waals surface area contributed by atoms with E-state index < -0.39 is 0 Å². The van der Waals surface area contributed by atoms with Crippen molar-refractivity contribution in [2.45, 2.75) is 39.5 Å². The first-order valence-corrected chi connectivity index (χ1v) is 5.94. The molecular formula is C13H24BN. The zero-order valence-electron chi connectivity index (χ0n) is 10.7. The van der Waals surface area contributed by atoms with E-state index in [9.17, 15) is 0 Å². The molecule has 0 atom stereocenters.